The summed E-state index contributed by atoms with van der Waals surface area (Å²) < 4.78 is 0.876. The lowest BCUT2D eigenvalue weighted by atomic mass is 9.75. The number of fused-ring (bicyclic) bond motifs is 1. The van der Waals surface area contributed by atoms with Gasteiger partial charge >= 0.3 is 0 Å². The van der Waals surface area contributed by atoms with Gasteiger partial charge in [-0.25, -0.2) is 0 Å². The molecule has 0 aromatic heterocycles. The van der Waals surface area contributed by atoms with E-state index in [1.165, 1.54) is 32.1 Å². The number of piperidine rings is 1. The van der Waals surface area contributed by atoms with Crippen LogP contribution in [0.3, 0.4) is 0 Å². The Morgan fingerprint density at radius 3 is 2.76 bits per heavy atom. The summed E-state index contributed by atoms with van der Waals surface area (Å²) in [6.07, 6.45) is 6.75. The summed E-state index contributed by atoms with van der Waals surface area (Å²) in [6.45, 7) is 2.15. The van der Waals surface area contributed by atoms with Gasteiger partial charge < -0.3 is 15.8 Å². The van der Waals surface area contributed by atoms with Crippen LogP contribution < -0.4 is 10.6 Å². The second-order valence-electron chi connectivity index (χ2n) is 6.16. The van der Waals surface area contributed by atoms with Crippen LogP contribution in [0, 0.1) is 11.8 Å². The summed E-state index contributed by atoms with van der Waals surface area (Å²) in [6, 6.07) is 6.02. The van der Waals surface area contributed by atoms with E-state index in [4.69, 9.17) is 10.9 Å². The standard InChI is InChI=1S/C16H22BrN3O/c17-13-6-3-7-14(15(13)16(18)19-21)20-9-8-11-4-1-2-5-12(11)10-20/h3,6-7,11-12,21H,1-2,4-5,8-10H2,(H2,18,19). The summed E-state index contributed by atoms with van der Waals surface area (Å²) in [5.41, 5.74) is 7.75. The fraction of sp³-hybridized carbons (Fsp3) is 0.562. The van der Waals surface area contributed by atoms with E-state index < -0.39 is 0 Å². The van der Waals surface area contributed by atoms with E-state index >= 15 is 0 Å². The molecule has 0 radical (unpaired) electrons. The third-order valence-electron chi connectivity index (χ3n) is 4.99. The van der Waals surface area contributed by atoms with Crippen molar-refractivity contribution in [2.75, 3.05) is 18.0 Å². The second-order valence-corrected chi connectivity index (χ2v) is 7.01. The number of amidine groups is 1. The van der Waals surface area contributed by atoms with Crippen LogP contribution in [-0.2, 0) is 0 Å². The Balaban J connectivity index is 1.89. The molecule has 1 aliphatic carbocycles. The van der Waals surface area contributed by atoms with Gasteiger partial charge in [-0.2, -0.15) is 0 Å². The third kappa shape index (κ3) is 2.89. The number of benzene rings is 1. The number of halogens is 1. The van der Waals surface area contributed by atoms with Crippen LogP contribution in [0.4, 0.5) is 5.69 Å². The van der Waals surface area contributed by atoms with Crippen molar-refractivity contribution in [1.82, 2.24) is 0 Å². The van der Waals surface area contributed by atoms with E-state index in [2.05, 4.69) is 32.1 Å². The summed E-state index contributed by atoms with van der Waals surface area (Å²) in [7, 11) is 0. The second kappa shape index (κ2) is 6.26. The van der Waals surface area contributed by atoms with Crippen molar-refractivity contribution in [3.63, 3.8) is 0 Å². The molecule has 2 fully saturated rings. The van der Waals surface area contributed by atoms with E-state index in [0.717, 1.165) is 40.6 Å². The fourth-order valence-corrected chi connectivity index (χ4v) is 4.46. The van der Waals surface area contributed by atoms with Crippen LogP contribution in [0.5, 0.6) is 0 Å². The molecule has 1 saturated carbocycles. The number of oxime groups is 1. The molecule has 1 heterocycles. The van der Waals surface area contributed by atoms with Crippen molar-refractivity contribution >= 4 is 27.5 Å². The molecule has 2 unspecified atom stereocenters. The minimum absolute atomic E-state index is 0.170. The number of rotatable bonds is 2. The lowest BCUT2D eigenvalue weighted by molar-refractivity contribution is 0.202. The number of nitrogens with zero attached hydrogens (tertiary/aromatic N) is 2. The molecule has 3 rings (SSSR count). The average Bonchev–Trinajstić information content (AvgIpc) is 2.53. The van der Waals surface area contributed by atoms with Crippen LogP contribution in [0.1, 0.15) is 37.7 Å². The lowest BCUT2D eigenvalue weighted by Gasteiger charge is -2.42. The lowest BCUT2D eigenvalue weighted by Crippen LogP contribution is -2.42. The highest BCUT2D eigenvalue weighted by molar-refractivity contribution is 9.10. The predicted molar refractivity (Wildman–Crippen MR) is 88.9 cm³/mol. The van der Waals surface area contributed by atoms with Crippen molar-refractivity contribution < 1.29 is 5.21 Å². The Labute approximate surface area is 134 Å². The highest BCUT2D eigenvalue weighted by Gasteiger charge is 2.32. The van der Waals surface area contributed by atoms with Gasteiger partial charge in [-0.05, 0) is 52.7 Å². The summed E-state index contributed by atoms with van der Waals surface area (Å²) in [5, 5.41) is 12.2. The maximum absolute atomic E-state index is 9.05. The van der Waals surface area contributed by atoms with Gasteiger partial charge in [-0.15, -0.1) is 0 Å². The first-order valence-corrected chi connectivity index (χ1v) is 8.51. The average molecular weight is 352 g/mol. The molecule has 2 atom stereocenters. The zero-order chi connectivity index (χ0) is 14.8. The fourth-order valence-electron chi connectivity index (χ4n) is 3.90. The van der Waals surface area contributed by atoms with E-state index in [9.17, 15) is 0 Å². The van der Waals surface area contributed by atoms with Crippen molar-refractivity contribution in [3.05, 3.63) is 28.2 Å². The Hall–Kier alpha value is -1.23. The number of hydrogen-bond acceptors (Lipinski definition) is 3. The molecule has 21 heavy (non-hydrogen) atoms. The molecule has 1 aromatic carbocycles. The van der Waals surface area contributed by atoms with Crippen LogP contribution >= 0.6 is 15.9 Å². The maximum atomic E-state index is 9.05. The summed E-state index contributed by atoms with van der Waals surface area (Å²) in [4.78, 5) is 2.41. The normalized spacial score (nSPS) is 26.5. The van der Waals surface area contributed by atoms with Crippen molar-refractivity contribution in [3.8, 4) is 0 Å². The number of anilines is 1. The van der Waals surface area contributed by atoms with Crippen molar-refractivity contribution in [2.24, 2.45) is 22.7 Å². The summed E-state index contributed by atoms with van der Waals surface area (Å²) in [5.74, 6) is 1.87. The van der Waals surface area contributed by atoms with Crippen LogP contribution in [0.15, 0.2) is 27.8 Å². The topological polar surface area (TPSA) is 61.9 Å². The predicted octanol–water partition coefficient (Wildman–Crippen LogP) is 3.56. The van der Waals surface area contributed by atoms with E-state index in [-0.39, 0.29) is 5.84 Å². The van der Waals surface area contributed by atoms with Crippen LogP contribution in [0.25, 0.3) is 0 Å². The quantitative estimate of drug-likeness (QED) is 0.370. The molecule has 114 valence electrons. The molecule has 0 amide bonds. The van der Waals surface area contributed by atoms with Crippen LogP contribution in [-0.4, -0.2) is 24.1 Å². The minimum atomic E-state index is 0.170. The Morgan fingerprint density at radius 2 is 2.00 bits per heavy atom. The third-order valence-corrected chi connectivity index (χ3v) is 5.65. The Morgan fingerprint density at radius 1 is 1.24 bits per heavy atom. The highest BCUT2D eigenvalue weighted by Crippen LogP contribution is 2.39. The van der Waals surface area contributed by atoms with Gasteiger partial charge in [0.05, 0.1) is 5.56 Å². The molecular formula is C16H22BrN3O. The molecule has 0 spiro atoms. The first-order valence-electron chi connectivity index (χ1n) is 7.72. The number of nitrogens with two attached hydrogens (primary N) is 1. The molecule has 2 aliphatic rings. The maximum Gasteiger partial charge on any atom is 0.173 e. The zero-order valence-electron chi connectivity index (χ0n) is 12.1. The Kier molecular flexibility index (Phi) is 4.38. The monoisotopic (exact) mass is 351 g/mol. The first-order chi connectivity index (χ1) is 10.2. The molecule has 0 bridgehead atoms. The van der Waals surface area contributed by atoms with Gasteiger partial charge in [0.15, 0.2) is 5.84 Å². The van der Waals surface area contributed by atoms with E-state index in [1.54, 1.807) is 0 Å². The molecule has 3 N–H and O–H groups in total. The first kappa shape index (κ1) is 14.7. The SMILES string of the molecule is N/C(=N/O)c1c(Br)cccc1N1CCC2CCCCC2C1. The van der Waals surface area contributed by atoms with Gasteiger partial charge in [0.1, 0.15) is 0 Å². The van der Waals surface area contributed by atoms with Gasteiger partial charge in [-0.3, -0.25) is 0 Å². The molecule has 1 saturated heterocycles. The molecule has 1 aromatic rings. The summed E-state index contributed by atoms with van der Waals surface area (Å²) >= 11 is 3.53. The smallest absolute Gasteiger partial charge is 0.173 e. The van der Waals surface area contributed by atoms with Crippen LogP contribution in [0.2, 0.25) is 0 Å². The van der Waals surface area contributed by atoms with E-state index in [0.29, 0.717) is 0 Å². The van der Waals surface area contributed by atoms with Crippen molar-refractivity contribution in [1.29, 1.82) is 0 Å². The van der Waals surface area contributed by atoms with Gasteiger partial charge in [0.25, 0.3) is 0 Å². The zero-order valence-corrected chi connectivity index (χ0v) is 13.7. The van der Waals surface area contributed by atoms with Gasteiger partial charge in [0, 0.05) is 23.2 Å². The molecule has 1 aliphatic heterocycles. The van der Waals surface area contributed by atoms with Gasteiger partial charge in [0.2, 0.25) is 0 Å². The Bertz CT molecular complexity index is 546. The number of hydrogen-bond donors (Lipinski definition) is 2. The molecule has 5 heteroatoms. The minimum Gasteiger partial charge on any atom is -0.409 e. The molecule has 4 nitrogen and oxygen atoms in total. The largest absolute Gasteiger partial charge is 0.409 e. The highest BCUT2D eigenvalue weighted by atomic mass is 79.9. The van der Waals surface area contributed by atoms with Crippen molar-refractivity contribution in [2.45, 2.75) is 32.1 Å². The van der Waals surface area contributed by atoms with E-state index in [1.807, 2.05) is 12.1 Å². The van der Waals surface area contributed by atoms with Gasteiger partial charge in [-0.1, -0.05) is 30.5 Å². The molecular weight excluding hydrogens is 330 g/mol.